The summed E-state index contributed by atoms with van der Waals surface area (Å²) >= 11 is 1.34. The third-order valence-corrected chi connectivity index (χ3v) is 3.59. The fourth-order valence-corrected chi connectivity index (χ4v) is 2.68. The van der Waals surface area contributed by atoms with Crippen LogP contribution in [-0.4, -0.2) is 26.0 Å². The van der Waals surface area contributed by atoms with Crippen molar-refractivity contribution < 1.29 is 9.90 Å². The number of anilines is 1. The number of benzene rings is 1. The lowest BCUT2D eigenvalue weighted by atomic mass is 10.2. The highest BCUT2D eigenvalue weighted by molar-refractivity contribution is 7.21. The molecule has 3 aromatic rings. The van der Waals surface area contributed by atoms with E-state index in [0.717, 1.165) is 10.2 Å². The molecule has 0 unspecified atom stereocenters. The first-order valence-corrected chi connectivity index (χ1v) is 6.17. The summed E-state index contributed by atoms with van der Waals surface area (Å²) in [5, 5.41) is 9.58. The first kappa shape index (κ1) is 11.5. The molecule has 0 saturated carbocycles. The summed E-state index contributed by atoms with van der Waals surface area (Å²) in [5.74, 6) is -0.657. The van der Waals surface area contributed by atoms with E-state index in [1.807, 2.05) is 0 Å². The van der Waals surface area contributed by atoms with E-state index in [0.29, 0.717) is 16.5 Å². The molecule has 3 rings (SSSR count). The second-order valence-electron chi connectivity index (χ2n) is 3.80. The molecule has 19 heavy (non-hydrogen) atoms. The van der Waals surface area contributed by atoms with E-state index in [4.69, 9.17) is 10.8 Å². The molecule has 0 saturated heterocycles. The Morgan fingerprint density at radius 3 is 2.79 bits per heavy atom. The number of carboxylic acids is 1. The summed E-state index contributed by atoms with van der Waals surface area (Å²) in [5.41, 5.74) is 7.21. The Bertz CT molecular complexity index is 784. The van der Waals surface area contributed by atoms with Crippen LogP contribution in [-0.2, 0) is 0 Å². The second kappa shape index (κ2) is 4.29. The lowest BCUT2D eigenvalue weighted by molar-refractivity contribution is 0.0697. The van der Waals surface area contributed by atoms with Crippen LogP contribution >= 0.6 is 11.3 Å². The van der Waals surface area contributed by atoms with Crippen molar-refractivity contribution in [2.45, 2.75) is 0 Å². The molecule has 0 aliphatic carbocycles. The number of nitrogen functional groups attached to an aromatic ring is 1. The Hall–Kier alpha value is -2.54. The molecule has 0 atom stereocenters. The van der Waals surface area contributed by atoms with Crippen LogP contribution in [0, 0.1) is 0 Å². The summed E-state index contributed by atoms with van der Waals surface area (Å²) in [6, 6.07) is 4.78. The number of aromatic carboxylic acids is 1. The van der Waals surface area contributed by atoms with E-state index in [-0.39, 0.29) is 5.56 Å². The van der Waals surface area contributed by atoms with E-state index in [9.17, 15) is 4.79 Å². The first-order valence-electron chi connectivity index (χ1n) is 5.36. The molecular weight excluding hydrogens is 264 g/mol. The van der Waals surface area contributed by atoms with Gasteiger partial charge in [0, 0.05) is 12.4 Å². The van der Waals surface area contributed by atoms with Gasteiger partial charge >= 0.3 is 5.97 Å². The van der Waals surface area contributed by atoms with Crippen molar-refractivity contribution in [1.29, 1.82) is 0 Å². The average Bonchev–Trinajstić information content (AvgIpc) is 2.81. The number of rotatable bonds is 2. The topological polar surface area (TPSA) is 102 Å². The van der Waals surface area contributed by atoms with Gasteiger partial charge in [0.15, 0.2) is 5.82 Å². The Morgan fingerprint density at radius 1 is 1.26 bits per heavy atom. The maximum atomic E-state index is 10.9. The first-order chi connectivity index (χ1) is 9.15. The number of nitrogens with zero attached hydrogens (tertiary/aromatic N) is 3. The zero-order valence-electron chi connectivity index (χ0n) is 9.57. The summed E-state index contributed by atoms with van der Waals surface area (Å²) in [7, 11) is 0. The molecule has 0 radical (unpaired) electrons. The molecule has 0 aliphatic rings. The van der Waals surface area contributed by atoms with Crippen molar-refractivity contribution >= 4 is 33.3 Å². The Morgan fingerprint density at radius 2 is 2.05 bits per heavy atom. The van der Waals surface area contributed by atoms with Crippen LogP contribution in [0.4, 0.5) is 5.82 Å². The normalized spacial score (nSPS) is 10.7. The van der Waals surface area contributed by atoms with Gasteiger partial charge in [-0.3, -0.25) is 0 Å². The number of hydrogen-bond acceptors (Lipinski definition) is 6. The maximum Gasteiger partial charge on any atom is 0.335 e. The van der Waals surface area contributed by atoms with Crippen molar-refractivity contribution in [3.05, 3.63) is 36.2 Å². The zero-order valence-corrected chi connectivity index (χ0v) is 10.4. The number of nitrogens with two attached hydrogens (primary N) is 1. The molecule has 2 heterocycles. The Balaban J connectivity index is 2.17. The van der Waals surface area contributed by atoms with Gasteiger partial charge in [-0.1, -0.05) is 0 Å². The molecule has 0 fully saturated rings. The molecular formula is C12H8N4O2S. The lowest BCUT2D eigenvalue weighted by Gasteiger charge is -1.97. The number of thiazole rings is 1. The fraction of sp³-hybridized carbons (Fsp3) is 0. The standard InChI is InChI=1S/C12H8N4O2S/c13-10-9(14-3-4-15-10)11-16-7-2-1-6(12(17)18)5-8(7)19-11/h1-5H,(H2,13,15)(H,17,18). The van der Waals surface area contributed by atoms with E-state index >= 15 is 0 Å². The highest BCUT2D eigenvalue weighted by Crippen LogP contribution is 2.31. The number of carboxylic acid groups (broad SMARTS) is 1. The van der Waals surface area contributed by atoms with Crippen LogP contribution in [0.1, 0.15) is 10.4 Å². The van der Waals surface area contributed by atoms with Crippen molar-refractivity contribution in [2.75, 3.05) is 5.73 Å². The number of aromatic nitrogens is 3. The Kier molecular flexibility index (Phi) is 2.60. The van der Waals surface area contributed by atoms with Crippen molar-refractivity contribution in [2.24, 2.45) is 0 Å². The summed E-state index contributed by atoms with van der Waals surface area (Å²) in [6.07, 6.45) is 3.05. The summed E-state index contributed by atoms with van der Waals surface area (Å²) in [4.78, 5) is 23.4. The number of fused-ring (bicyclic) bond motifs is 1. The highest BCUT2D eigenvalue weighted by atomic mass is 32.1. The number of hydrogen-bond donors (Lipinski definition) is 2. The molecule has 94 valence electrons. The molecule has 7 heteroatoms. The van der Waals surface area contributed by atoms with Crippen molar-refractivity contribution in [3.8, 4) is 10.7 Å². The van der Waals surface area contributed by atoms with E-state index in [2.05, 4.69) is 15.0 Å². The van der Waals surface area contributed by atoms with Gasteiger partial charge in [0.25, 0.3) is 0 Å². The fourth-order valence-electron chi connectivity index (χ4n) is 1.67. The molecule has 0 bridgehead atoms. The Labute approximate surface area is 111 Å². The van der Waals surface area contributed by atoms with Crippen LogP contribution < -0.4 is 5.73 Å². The molecule has 0 aliphatic heterocycles. The van der Waals surface area contributed by atoms with Gasteiger partial charge in [0.05, 0.1) is 15.8 Å². The molecule has 6 nitrogen and oxygen atoms in total. The SMILES string of the molecule is Nc1nccnc1-c1nc2ccc(C(=O)O)cc2s1. The van der Waals surface area contributed by atoms with Crippen molar-refractivity contribution in [3.63, 3.8) is 0 Å². The van der Waals surface area contributed by atoms with Crippen molar-refractivity contribution in [1.82, 2.24) is 15.0 Å². The van der Waals surface area contributed by atoms with Gasteiger partial charge in [-0.25, -0.2) is 19.7 Å². The van der Waals surface area contributed by atoms with E-state index in [1.165, 1.54) is 23.6 Å². The van der Waals surface area contributed by atoms with Gasteiger partial charge in [0.2, 0.25) is 0 Å². The highest BCUT2D eigenvalue weighted by Gasteiger charge is 2.12. The summed E-state index contributed by atoms with van der Waals surface area (Å²) < 4.78 is 0.778. The van der Waals surface area contributed by atoms with Crippen LogP contribution in [0.3, 0.4) is 0 Å². The third kappa shape index (κ3) is 2.00. The molecule has 3 N–H and O–H groups in total. The van der Waals surface area contributed by atoms with Crippen LogP contribution in [0.25, 0.3) is 20.9 Å². The molecule has 2 aromatic heterocycles. The average molecular weight is 272 g/mol. The predicted molar refractivity (Wildman–Crippen MR) is 72.0 cm³/mol. The van der Waals surface area contributed by atoms with E-state index in [1.54, 1.807) is 18.3 Å². The van der Waals surface area contributed by atoms with Gasteiger partial charge in [-0.15, -0.1) is 11.3 Å². The summed E-state index contributed by atoms with van der Waals surface area (Å²) in [6.45, 7) is 0. The van der Waals surface area contributed by atoms with Crippen LogP contribution in [0.15, 0.2) is 30.6 Å². The minimum absolute atomic E-state index is 0.231. The van der Waals surface area contributed by atoms with Gasteiger partial charge in [0.1, 0.15) is 10.7 Å². The second-order valence-corrected chi connectivity index (χ2v) is 4.83. The quantitative estimate of drug-likeness (QED) is 0.740. The lowest BCUT2D eigenvalue weighted by Crippen LogP contribution is -1.95. The smallest absolute Gasteiger partial charge is 0.335 e. The zero-order chi connectivity index (χ0) is 13.4. The van der Waals surface area contributed by atoms with Crippen LogP contribution in [0.5, 0.6) is 0 Å². The van der Waals surface area contributed by atoms with E-state index < -0.39 is 5.97 Å². The van der Waals surface area contributed by atoms with Gasteiger partial charge in [-0.2, -0.15) is 0 Å². The van der Waals surface area contributed by atoms with Gasteiger partial charge < -0.3 is 10.8 Å². The number of carbonyl (C=O) groups is 1. The predicted octanol–water partition coefficient (Wildman–Crippen LogP) is 2.03. The monoisotopic (exact) mass is 272 g/mol. The van der Waals surface area contributed by atoms with Gasteiger partial charge in [-0.05, 0) is 18.2 Å². The third-order valence-electron chi connectivity index (χ3n) is 2.56. The van der Waals surface area contributed by atoms with Crippen LogP contribution in [0.2, 0.25) is 0 Å². The maximum absolute atomic E-state index is 10.9. The minimum Gasteiger partial charge on any atom is -0.478 e. The largest absolute Gasteiger partial charge is 0.478 e. The molecule has 0 amide bonds. The minimum atomic E-state index is -0.962. The molecule has 0 spiro atoms. The molecule has 1 aromatic carbocycles.